The number of carbonyl (C=O) groups is 2. The minimum absolute atomic E-state index is 0.0527. The quantitative estimate of drug-likeness (QED) is 0.828. The highest BCUT2D eigenvalue weighted by molar-refractivity contribution is 5.96. The van der Waals surface area contributed by atoms with Crippen molar-refractivity contribution in [3.63, 3.8) is 0 Å². The second kappa shape index (κ2) is 5.69. The van der Waals surface area contributed by atoms with E-state index in [1.165, 1.54) is 30.3 Å². The van der Waals surface area contributed by atoms with Crippen molar-refractivity contribution in [3.8, 4) is 0 Å². The van der Waals surface area contributed by atoms with Gasteiger partial charge in [0.05, 0.1) is 6.54 Å². The largest absolute Gasteiger partial charge is 0.350 e. The smallest absolute Gasteiger partial charge is 0.254 e. The Bertz CT molecular complexity index is 528. The van der Waals surface area contributed by atoms with Gasteiger partial charge in [0.1, 0.15) is 0 Å². The van der Waals surface area contributed by atoms with E-state index in [-0.39, 0.29) is 35.0 Å². The minimum Gasteiger partial charge on any atom is -0.350 e. The fraction of sp³-hybridized carbons (Fsp3) is 0.462. The normalized spacial score (nSPS) is 10.9. The van der Waals surface area contributed by atoms with Crippen molar-refractivity contribution in [2.24, 2.45) is 0 Å². The maximum atomic E-state index is 12.0. The number of likely N-dealkylation sites (N-methyl/N-ethyl adjacent to an activating group) is 1. The summed E-state index contributed by atoms with van der Waals surface area (Å²) in [7, 11) is 1.52. The SMILES string of the molecule is CN(CC(=O)NC(C)(C)C)C(=O)c1cc[nH]c(=O)c1. The summed E-state index contributed by atoms with van der Waals surface area (Å²) in [6.45, 7) is 5.54. The molecule has 0 saturated heterocycles. The topological polar surface area (TPSA) is 82.3 Å². The van der Waals surface area contributed by atoms with Crippen LogP contribution in [-0.2, 0) is 4.79 Å². The number of pyridine rings is 1. The molecular weight excluding hydrogens is 246 g/mol. The molecule has 6 nitrogen and oxygen atoms in total. The minimum atomic E-state index is -0.366. The lowest BCUT2D eigenvalue weighted by Gasteiger charge is -2.23. The van der Waals surface area contributed by atoms with Crippen LogP contribution in [-0.4, -0.2) is 40.8 Å². The van der Waals surface area contributed by atoms with Crippen LogP contribution in [0.25, 0.3) is 0 Å². The Kier molecular flexibility index (Phi) is 4.47. The number of amides is 2. The molecule has 0 aromatic carbocycles. The van der Waals surface area contributed by atoms with Crippen molar-refractivity contribution in [2.45, 2.75) is 26.3 Å². The highest BCUT2D eigenvalue weighted by atomic mass is 16.2. The van der Waals surface area contributed by atoms with Crippen LogP contribution in [0.4, 0.5) is 0 Å². The first kappa shape index (κ1) is 14.9. The Hall–Kier alpha value is -2.11. The zero-order chi connectivity index (χ0) is 14.6. The number of carbonyl (C=O) groups excluding carboxylic acids is 2. The third kappa shape index (κ3) is 4.95. The summed E-state index contributed by atoms with van der Waals surface area (Å²) in [6.07, 6.45) is 1.40. The number of hydrogen-bond donors (Lipinski definition) is 2. The summed E-state index contributed by atoms with van der Waals surface area (Å²) in [5, 5.41) is 2.77. The predicted octanol–water partition coefficient (Wildman–Crippen LogP) is 0.362. The van der Waals surface area contributed by atoms with Gasteiger partial charge in [-0.25, -0.2) is 0 Å². The van der Waals surface area contributed by atoms with Crippen LogP contribution in [0, 0.1) is 0 Å². The Labute approximate surface area is 111 Å². The number of aromatic nitrogens is 1. The van der Waals surface area contributed by atoms with Gasteiger partial charge in [-0.1, -0.05) is 0 Å². The Morgan fingerprint density at radius 1 is 1.37 bits per heavy atom. The van der Waals surface area contributed by atoms with Gasteiger partial charge in [0.25, 0.3) is 5.91 Å². The predicted molar refractivity (Wildman–Crippen MR) is 71.9 cm³/mol. The van der Waals surface area contributed by atoms with Crippen LogP contribution in [0.2, 0.25) is 0 Å². The Morgan fingerprint density at radius 2 is 2.00 bits per heavy atom. The molecule has 6 heteroatoms. The standard InChI is InChI=1S/C13H19N3O3/c1-13(2,3)15-11(18)8-16(4)12(19)9-5-6-14-10(17)7-9/h5-7H,8H2,1-4H3,(H,14,17)(H,15,18). The van der Waals surface area contributed by atoms with E-state index in [9.17, 15) is 14.4 Å². The van der Waals surface area contributed by atoms with Gasteiger partial charge in [-0.05, 0) is 26.8 Å². The van der Waals surface area contributed by atoms with Crippen molar-refractivity contribution in [1.29, 1.82) is 0 Å². The molecule has 0 saturated carbocycles. The first-order valence-electron chi connectivity index (χ1n) is 5.94. The fourth-order valence-electron chi connectivity index (χ4n) is 1.54. The van der Waals surface area contributed by atoms with E-state index in [4.69, 9.17) is 0 Å². The van der Waals surface area contributed by atoms with Crippen molar-refractivity contribution in [2.75, 3.05) is 13.6 Å². The van der Waals surface area contributed by atoms with Gasteiger partial charge in [0.15, 0.2) is 0 Å². The van der Waals surface area contributed by atoms with E-state index in [1.54, 1.807) is 0 Å². The average molecular weight is 265 g/mol. The van der Waals surface area contributed by atoms with Crippen molar-refractivity contribution in [3.05, 3.63) is 34.2 Å². The van der Waals surface area contributed by atoms with Gasteiger partial charge in [-0.3, -0.25) is 14.4 Å². The zero-order valence-electron chi connectivity index (χ0n) is 11.6. The maximum absolute atomic E-state index is 12.0. The lowest BCUT2D eigenvalue weighted by Crippen LogP contribution is -2.46. The maximum Gasteiger partial charge on any atom is 0.254 e. The summed E-state index contributed by atoms with van der Waals surface area (Å²) in [5.74, 6) is -0.608. The van der Waals surface area contributed by atoms with Crippen LogP contribution in [0.5, 0.6) is 0 Å². The second-order valence-corrected chi connectivity index (χ2v) is 5.40. The number of aromatic amines is 1. The van der Waals surface area contributed by atoms with Gasteiger partial charge in [-0.2, -0.15) is 0 Å². The number of nitrogens with one attached hydrogen (secondary N) is 2. The second-order valence-electron chi connectivity index (χ2n) is 5.40. The van der Waals surface area contributed by atoms with E-state index >= 15 is 0 Å². The van der Waals surface area contributed by atoms with Crippen molar-refractivity contribution >= 4 is 11.8 Å². The Balaban J connectivity index is 2.68. The molecule has 0 fully saturated rings. The van der Waals surface area contributed by atoms with Crippen LogP contribution >= 0.6 is 0 Å². The molecule has 1 aromatic rings. The summed E-state index contributed by atoms with van der Waals surface area (Å²) >= 11 is 0. The lowest BCUT2D eigenvalue weighted by atomic mass is 10.1. The monoisotopic (exact) mass is 265 g/mol. The first-order chi connectivity index (χ1) is 8.69. The molecular formula is C13H19N3O3. The molecule has 0 aliphatic carbocycles. The van der Waals surface area contributed by atoms with E-state index in [0.29, 0.717) is 0 Å². The Morgan fingerprint density at radius 3 is 2.53 bits per heavy atom. The first-order valence-corrected chi connectivity index (χ1v) is 5.94. The molecule has 1 rings (SSSR count). The van der Waals surface area contributed by atoms with E-state index < -0.39 is 0 Å². The molecule has 2 N–H and O–H groups in total. The van der Waals surface area contributed by atoms with E-state index in [2.05, 4.69) is 10.3 Å². The highest BCUT2D eigenvalue weighted by Gasteiger charge is 2.18. The van der Waals surface area contributed by atoms with Crippen molar-refractivity contribution < 1.29 is 9.59 Å². The molecule has 1 heterocycles. The summed E-state index contributed by atoms with van der Waals surface area (Å²) in [5.41, 5.74) is -0.432. The number of hydrogen-bond acceptors (Lipinski definition) is 3. The summed E-state index contributed by atoms with van der Waals surface area (Å²) < 4.78 is 0. The summed E-state index contributed by atoms with van der Waals surface area (Å²) in [4.78, 5) is 38.5. The fourth-order valence-corrected chi connectivity index (χ4v) is 1.54. The van der Waals surface area contributed by atoms with Crippen molar-refractivity contribution in [1.82, 2.24) is 15.2 Å². The van der Waals surface area contributed by atoms with Gasteiger partial charge in [-0.15, -0.1) is 0 Å². The molecule has 104 valence electrons. The third-order valence-electron chi connectivity index (χ3n) is 2.26. The summed E-state index contributed by atoms with van der Waals surface area (Å²) in [6, 6.07) is 2.71. The van der Waals surface area contributed by atoms with Gasteiger partial charge >= 0.3 is 0 Å². The van der Waals surface area contributed by atoms with Crippen LogP contribution in [0.1, 0.15) is 31.1 Å². The third-order valence-corrected chi connectivity index (χ3v) is 2.26. The highest BCUT2D eigenvalue weighted by Crippen LogP contribution is 2.01. The molecule has 0 atom stereocenters. The molecule has 0 spiro atoms. The molecule has 0 bridgehead atoms. The number of H-pyrrole nitrogens is 1. The van der Waals surface area contributed by atoms with Crippen LogP contribution in [0.15, 0.2) is 23.1 Å². The molecule has 1 aromatic heterocycles. The zero-order valence-corrected chi connectivity index (χ0v) is 11.6. The van der Waals surface area contributed by atoms with Gasteiger partial charge in [0.2, 0.25) is 11.5 Å². The van der Waals surface area contributed by atoms with Crippen LogP contribution in [0.3, 0.4) is 0 Å². The number of rotatable bonds is 3. The molecule has 19 heavy (non-hydrogen) atoms. The van der Waals surface area contributed by atoms with E-state index in [0.717, 1.165) is 0 Å². The molecule has 0 aliphatic heterocycles. The van der Waals surface area contributed by atoms with E-state index in [1.807, 2.05) is 20.8 Å². The molecule has 2 amide bonds. The van der Waals surface area contributed by atoms with Gasteiger partial charge < -0.3 is 15.2 Å². The molecule has 0 radical (unpaired) electrons. The average Bonchev–Trinajstić information content (AvgIpc) is 2.25. The molecule has 0 aliphatic rings. The van der Waals surface area contributed by atoms with Gasteiger partial charge in [0, 0.05) is 30.4 Å². The molecule has 0 unspecified atom stereocenters. The van der Waals surface area contributed by atoms with Crippen LogP contribution < -0.4 is 10.9 Å². The number of nitrogens with zero attached hydrogens (tertiary/aromatic N) is 1. The lowest BCUT2D eigenvalue weighted by molar-refractivity contribution is -0.122.